The van der Waals surface area contributed by atoms with Crippen LogP contribution in [-0.4, -0.2) is 34.6 Å². The highest BCUT2D eigenvalue weighted by Crippen LogP contribution is 2.14. The molecular formula is C16H22N2O3. The van der Waals surface area contributed by atoms with E-state index in [1.54, 1.807) is 29.2 Å². The maximum atomic E-state index is 12.2. The normalized spacial score (nSPS) is 12.1. The van der Waals surface area contributed by atoms with Gasteiger partial charge in [0, 0.05) is 24.4 Å². The van der Waals surface area contributed by atoms with Crippen LogP contribution in [0.5, 0.6) is 0 Å². The number of amides is 2. The summed E-state index contributed by atoms with van der Waals surface area (Å²) in [5, 5.41) is 11.5. The zero-order valence-corrected chi connectivity index (χ0v) is 12.7. The van der Waals surface area contributed by atoms with Crippen LogP contribution in [-0.2, 0) is 4.79 Å². The van der Waals surface area contributed by atoms with Crippen molar-refractivity contribution in [2.75, 3.05) is 11.9 Å². The predicted molar refractivity (Wildman–Crippen MR) is 84.3 cm³/mol. The highest BCUT2D eigenvalue weighted by molar-refractivity contribution is 5.90. The molecule has 0 aliphatic rings. The molecule has 1 rings (SSSR count). The van der Waals surface area contributed by atoms with Crippen LogP contribution in [0, 0.1) is 0 Å². The number of hydrogen-bond acceptors (Lipinski definition) is 2. The number of urea groups is 1. The molecule has 2 amide bonds. The van der Waals surface area contributed by atoms with Gasteiger partial charge in [-0.05, 0) is 44.0 Å². The number of carboxylic acid groups (broad SMARTS) is 1. The Morgan fingerprint density at radius 2 is 2.10 bits per heavy atom. The predicted octanol–water partition coefficient (Wildman–Crippen LogP) is 3.44. The van der Waals surface area contributed by atoms with E-state index < -0.39 is 5.97 Å². The Kier molecular flexibility index (Phi) is 6.46. The van der Waals surface area contributed by atoms with Crippen molar-refractivity contribution in [3.8, 4) is 0 Å². The van der Waals surface area contributed by atoms with Crippen LogP contribution in [0.25, 0.3) is 6.08 Å². The maximum absolute atomic E-state index is 12.2. The van der Waals surface area contributed by atoms with Gasteiger partial charge in [-0.2, -0.15) is 0 Å². The molecule has 5 nitrogen and oxygen atoms in total. The SMILES string of the molecule is CCC(C)N(CC)C(=O)Nc1cccc(/C=C/C(=O)O)c1. The van der Waals surface area contributed by atoms with Crippen molar-refractivity contribution in [1.29, 1.82) is 0 Å². The molecule has 0 heterocycles. The summed E-state index contributed by atoms with van der Waals surface area (Å²) in [5.41, 5.74) is 1.37. The fourth-order valence-corrected chi connectivity index (χ4v) is 1.96. The van der Waals surface area contributed by atoms with E-state index in [4.69, 9.17) is 5.11 Å². The number of benzene rings is 1. The zero-order valence-electron chi connectivity index (χ0n) is 12.7. The molecule has 0 bridgehead atoms. The number of rotatable bonds is 6. The molecule has 1 atom stereocenters. The Labute approximate surface area is 125 Å². The summed E-state index contributed by atoms with van der Waals surface area (Å²) in [6.07, 6.45) is 3.45. The van der Waals surface area contributed by atoms with Crippen molar-refractivity contribution in [2.24, 2.45) is 0 Å². The lowest BCUT2D eigenvalue weighted by molar-refractivity contribution is -0.131. The fourth-order valence-electron chi connectivity index (χ4n) is 1.96. The van der Waals surface area contributed by atoms with Gasteiger partial charge in [-0.3, -0.25) is 0 Å². The number of nitrogens with one attached hydrogen (secondary N) is 1. The Hall–Kier alpha value is -2.30. The van der Waals surface area contributed by atoms with Gasteiger partial charge in [0.2, 0.25) is 0 Å². The summed E-state index contributed by atoms with van der Waals surface area (Å²) in [4.78, 5) is 24.5. The van der Waals surface area contributed by atoms with Gasteiger partial charge in [0.15, 0.2) is 0 Å². The molecule has 1 unspecified atom stereocenters. The van der Waals surface area contributed by atoms with E-state index in [0.29, 0.717) is 12.2 Å². The molecule has 2 N–H and O–H groups in total. The lowest BCUT2D eigenvalue weighted by Crippen LogP contribution is -2.40. The molecule has 0 aliphatic carbocycles. The number of anilines is 1. The molecule has 0 saturated heterocycles. The van der Waals surface area contributed by atoms with Gasteiger partial charge in [-0.15, -0.1) is 0 Å². The number of carboxylic acids is 1. The second kappa shape index (κ2) is 8.09. The third-order valence-corrected chi connectivity index (χ3v) is 3.28. The summed E-state index contributed by atoms with van der Waals surface area (Å²) < 4.78 is 0. The summed E-state index contributed by atoms with van der Waals surface area (Å²) in [6.45, 7) is 6.63. The van der Waals surface area contributed by atoms with Gasteiger partial charge in [0.25, 0.3) is 0 Å². The first-order valence-corrected chi connectivity index (χ1v) is 7.06. The van der Waals surface area contributed by atoms with Crippen molar-refractivity contribution in [3.05, 3.63) is 35.9 Å². The molecule has 21 heavy (non-hydrogen) atoms. The quantitative estimate of drug-likeness (QED) is 0.788. The van der Waals surface area contributed by atoms with Gasteiger partial charge in [0.1, 0.15) is 0 Å². The number of hydrogen-bond donors (Lipinski definition) is 2. The van der Waals surface area contributed by atoms with E-state index in [1.807, 2.05) is 20.8 Å². The number of carbonyl (C=O) groups is 2. The fraction of sp³-hybridized carbons (Fsp3) is 0.375. The monoisotopic (exact) mass is 290 g/mol. The van der Waals surface area contributed by atoms with Crippen LogP contribution >= 0.6 is 0 Å². The van der Waals surface area contributed by atoms with Crippen LogP contribution in [0.15, 0.2) is 30.3 Å². The summed E-state index contributed by atoms with van der Waals surface area (Å²) in [6, 6.07) is 7.09. The van der Waals surface area contributed by atoms with Gasteiger partial charge >= 0.3 is 12.0 Å². The minimum Gasteiger partial charge on any atom is -0.478 e. The smallest absolute Gasteiger partial charge is 0.328 e. The molecule has 0 spiro atoms. The van der Waals surface area contributed by atoms with Crippen LogP contribution in [0.2, 0.25) is 0 Å². The average Bonchev–Trinajstić information content (AvgIpc) is 2.46. The third kappa shape index (κ3) is 5.30. The Morgan fingerprint density at radius 3 is 2.67 bits per heavy atom. The second-order valence-electron chi connectivity index (χ2n) is 4.77. The molecule has 114 valence electrons. The molecule has 0 aliphatic heterocycles. The molecule has 0 fully saturated rings. The van der Waals surface area contributed by atoms with Crippen LogP contribution in [0.4, 0.5) is 10.5 Å². The molecule has 0 radical (unpaired) electrons. The number of carbonyl (C=O) groups excluding carboxylic acids is 1. The first-order valence-electron chi connectivity index (χ1n) is 7.06. The molecule has 0 saturated carbocycles. The Balaban J connectivity index is 2.80. The third-order valence-electron chi connectivity index (χ3n) is 3.28. The van der Waals surface area contributed by atoms with Crippen molar-refractivity contribution < 1.29 is 14.7 Å². The van der Waals surface area contributed by atoms with Crippen LogP contribution in [0.3, 0.4) is 0 Å². The van der Waals surface area contributed by atoms with E-state index >= 15 is 0 Å². The summed E-state index contributed by atoms with van der Waals surface area (Å²) in [7, 11) is 0. The largest absolute Gasteiger partial charge is 0.478 e. The van der Waals surface area contributed by atoms with E-state index in [2.05, 4.69) is 5.32 Å². The number of aliphatic carboxylic acids is 1. The topological polar surface area (TPSA) is 69.6 Å². The average molecular weight is 290 g/mol. The molecule has 1 aromatic rings. The number of nitrogens with zero attached hydrogens (tertiary/aromatic N) is 1. The van der Waals surface area contributed by atoms with Gasteiger partial charge in [-0.1, -0.05) is 19.1 Å². The molecule has 1 aromatic carbocycles. The maximum Gasteiger partial charge on any atom is 0.328 e. The Bertz CT molecular complexity index is 526. The van der Waals surface area contributed by atoms with Gasteiger partial charge in [0.05, 0.1) is 0 Å². The first kappa shape index (κ1) is 16.8. The van der Waals surface area contributed by atoms with E-state index in [9.17, 15) is 9.59 Å². The van der Waals surface area contributed by atoms with E-state index in [0.717, 1.165) is 18.1 Å². The zero-order chi connectivity index (χ0) is 15.8. The van der Waals surface area contributed by atoms with E-state index in [1.165, 1.54) is 6.08 Å². The standard InChI is InChI=1S/C16H22N2O3/c1-4-12(3)18(5-2)16(21)17-14-8-6-7-13(11-14)9-10-15(19)20/h6-12H,4-5H2,1-3H3,(H,17,21)(H,19,20)/b10-9+. The van der Waals surface area contributed by atoms with E-state index in [-0.39, 0.29) is 12.1 Å². The van der Waals surface area contributed by atoms with Crippen LogP contribution < -0.4 is 5.32 Å². The molecule has 5 heteroatoms. The van der Waals surface area contributed by atoms with Crippen LogP contribution in [0.1, 0.15) is 32.8 Å². The molecule has 0 aromatic heterocycles. The Morgan fingerprint density at radius 1 is 1.38 bits per heavy atom. The van der Waals surface area contributed by atoms with Crippen molar-refractivity contribution in [2.45, 2.75) is 33.2 Å². The lowest BCUT2D eigenvalue weighted by Gasteiger charge is -2.27. The minimum absolute atomic E-state index is 0.147. The second-order valence-corrected chi connectivity index (χ2v) is 4.77. The highest BCUT2D eigenvalue weighted by atomic mass is 16.4. The van der Waals surface area contributed by atoms with Crippen molar-refractivity contribution >= 4 is 23.8 Å². The lowest BCUT2D eigenvalue weighted by atomic mass is 10.2. The minimum atomic E-state index is -1.00. The van der Waals surface area contributed by atoms with Gasteiger partial charge in [-0.25, -0.2) is 9.59 Å². The van der Waals surface area contributed by atoms with Gasteiger partial charge < -0.3 is 15.3 Å². The van der Waals surface area contributed by atoms with Crippen molar-refractivity contribution in [3.63, 3.8) is 0 Å². The van der Waals surface area contributed by atoms with Crippen molar-refractivity contribution in [1.82, 2.24) is 4.90 Å². The summed E-state index contributed by atoms with van der Waals surface area (Å²) >= 11 is 0. The summed E-state index contributed by atoms with van der Waals surface area (Å²) in [5.74, 6) is -1.00. The molecular weight excluding hydrogens is 268 g/mol. The highest BCUT2D eigenvalue weighted by Gasteiger charge is 2.16. The first-order chi connectivity index (χ1) is 9.97.